The third-order valence-corrected chi connectivity index (χ3v) is 4.52. The van der Waals surface area contributed by atoms with Gasteiger partial charge in [0.05, 0.1) is 12.1 Å². The number of aliphatic hydroxyl groups excluding tert-OH is 1. The molecular formula is C21H33NO3. The van der Waals surface area contributed by atoms with Gasteiger partial charge in [-0.3, -0.25) is 9.59 Å². The molecule has 25 heavy (non-hydrogen) atoms. The number of nitrogens with two attached hydrogens (primary N) is 1. The normalized spacial score (nSPS) is 13.4. The zero-order valence-electron chi connectivity index (χ0n) is 15.7. The molecule has 2 atom stereocenters. The van der Waals surface area contributed by atoms with Gasteiger partial charge in [-0.05, 0) is 43.7 Å². The van der Waals surface area contributed by atoms with Crippen LogP contribution < -0.4 is 5.73 Å². The van der Waals surface area contributed by atoms with Gasteiger partial charge in [-0.15, -0.1) is 0 Å². The Labute approximate surface area is 151 Å². The Morgan fingerprint density at radius 1 is 1.00 bits per heavy atom. The molecule has 0 aliphatic rings. The average Bonchev–Trinajstić information content (AvgIpc) is 2.60. The molecule has 0 aliphatic heterocycles. The average molecular weight is 347 g/mol. The molecule has 0 aromatic heterocycles. The number of rotatable bonds is 13. The largest absolute Gasteiger partial charge is 0.391 e. The molecule has 0 saturated carbocycles. The minimum Gasteiger partial charge on any atom is -0.391 e. The summed E-state index contributed by atoms with van der Waals surface area (Å²) in [6.07, 6.45) is 7.09. The van der Waals surface area contributed by atoms with E-state index >= 15 is 0 Å². The molecule has 0 bridgehead atoms. The Morgan fingerprint density at radius 2 is 1.60 bits per heavy atom. The van der Waals surface area contributed by atoms with Gasteiger partial charge in [0, 0.05) is 19.3 Å². The second-order valence-corrected chi connectivity index (χ2v) is 6.93. The molecule has 1 aromatic carbocycles. The fourth-order valence-electron chi connectivity index (χ4n) is 2.74. The first-order valence-corrected chi connectivity index (χ1v) is 9.50. The van der Waals surface area contributed by atoms with Crippen LogP contribution in [-0.4, -0.2) is 28.8 Å². The van der Waals surface area contributed by atoms with Crippen molar-refractivity contribution in [3.8, 4) is 0 Å². The molecule has 0 aliphatic carbocycles. The molecule has 0 saturated heterocycles. The minimum absolute atomic E-state index is 0.143. The Bertz CT molecular complexity index is 522. The van der Waals surface area contributed by atoms with Gasteiger partial charge in [0.1, 0.15) is 5.78 Å². The van der Waals surface area contributed by atoms with Gasteiger partial charge < -0.3 is 10.8 Å². The van der Waals surface area contributed by atoms with E-state index < -0.39 is 12.1 Å². The SMILES string of the molecule is CCCCC(=O)CCCCCc1ccc(CC(=O)C(N)C(C)O)cc1. The van der Waals surface area contributed by atoms with E-state index in [4.69, 9.17) is 5.73 Å². The van der Waals surface area contributed by atoms with Gasteiger partial charge in [-0.2, -0.15) is 0 Å². The van der Waals surface area contributed by atoms with Crippen molar-refractivity contribution in [1.29, 1.82) is 0 Å². The maximum Gasteiger partial charge on any atom is 0.156 e. The first-order valence-electron chi connectivity index (χ1n) is 9.50. The quantitative estimate of drug-likeness (QED) is 0.536. The molecule has 0 fully saturated rings. The van der Waals surface area contributed by atoms with E-state index in [1.807, 2.05) is 24.3 Å². The van der Waals surface area contributed by atoms with E-state index in [2.05, 4.69) is 6.92 Å². The van der Waals surface area contributed by atoms with Crippen LogP contribution in [0, 0.1) is 0 Å². The third kappa shape index (κ3) is 8.94. The second kappa shape index (κ2) is 11.9. The van der Waals surface area contributed by atoms with Crippen LogP contribution in [0.3, 0.4) is 0 Å². The third-order valence-electron chi connectivity index (χ3n) is 4.52. The van der Waals surface area contributed by atoms with Crippen LogP contribution in [0.25, 0.3) is 0 Å². The van der Waals surface area contributed by atoms with Gasteiger partial charge in [0.25, 0.3) is 0 Å². The van der Waals surface area contributed by atoms with Crippen molar-refractivity contribution in [2.45, 2.75) is 83.8 Å². The van der Waals surface area contributed by atoms with Crippen molar-refractivity contribution < 1.29 is 14.7 Å². The lowest BCUT2D eigenvalue weighted by atomic mass is 9.99. The summed E-state index contributed by atoms with van der Waals surface area (Å²) < 4.78 is 0. The van der Waals surface area contributed by atoms with Crippen molar-refractivity contribution in [3.63, 3.8) is 0 Å². The molecule has 4 nitrogen and oxygen atoms in total. The highest BCUT2D eigenvalue weighted by Crippen LogP contribution is 2.12. The van der Waals surface area contributed by atoms with E-state index in [1.165, 1.54) is 12.5 Å². The highest BCUT2D eigenvalue weighted by Gasteiger charge is 2.18. The molecule has 140 valence electrons. The number of hydrogen-bond donors (Lipinski definition) is 2. The van der Waals surface area contributed by atoms with Gasteiger partial charge in [-0.1, -0.05) is 44.0 Å². The van der Waals surface area contributed by atoms with E-state index in [0.717, 1.165) is 50.5 Å². The molecule has 0 heterocycles. The zero-order chi connectivity index (χ0) is 18.7. The number of ketones is 2. The van der Waals surface area contributed by atoms with Crippen LogP contribution in [0.4, 0.5) is 0 Å². The number of unbranched alkanes of at least 4 members (excludes halogenated alkanes) is 3. The summed E-state index contributed by atoms with van der Waals surface area (Å²) in [5, 5.41) is 9.36. The molecule has 4 heteroatoms. The molecular weight excluding hydrogens is 314 g/mol. The van der Waals surface area contributed by atoms with Crippen molar-refractivity contribution in [2.75, 3.05) is 0 Å². The van der Waals surface area contributed by atoms with Gasteiger partial charge in [0.2, 0.25) is 0 Å². The summed E-state index contributed by atoms with van der Waals surface area (Å²) in [6, 6.07) is 7.18. The first kappa shape index (κ1) is 21.5. The minimum atomic E-state index is -0.820. The summed E-state index contributed by atoms with van der Waals surface area (Å²) in [5.41, 5.74) is 7.82. The van der Waals surface area contributed by atoms with Gasteiger partial charge >= 0.3 is 0 Å². The molecule has 0 amide bonds. The molecule has 2 unspecified atom stereocenters. The predicted molar refractivity (Wildman–Crippen MR) is 102 cm³/mol. The summed E-state index contributed by atoms with van der Waals surface area (Å²) in [5.74, 6) is 0.252. The number of aliphatic hydroxyl groups is 1. The lowest BCUT2D eigenvalue weighted by molar-refractivity contribution is -0.121. The van der Waals surface area contributed by atoms with Crippen molar-refractivity contribution in [2.24, 2.45) is 5.73 Å². The van der Waals surface area contributed by atoms with Crippen LogP contribution in [0.5, 0.6) is 0 Å². The second-order valence-electron chi connectivity index (χ2n) is 6.93. The van der Waals surface area contributed by atoms with E-state index in [0.29, 0.717) is 12.2 Å². The fraction of sp³-hybridized carbons (Fsp3) is 0.619. The van der Waals surface area contributed by atoms with Crippen LogP contribution in [0.15, 0.2) is 24.3 Å². The fourth-order valence-corrected chi connectivity index (χ4v) is 2.74. The Hall–Kier alpha value is -1.52. The summed E-state index contributed by atoms with van der Waals surface area (Å²) in [4.78, 5) is 23.5. The lowest BCUT2D eigenvalue weighted by Crippen LogP contribution is -2.41. The highest BCUT2D eigenvalue weighted by molar-refractivity contribution is 5.86. The maximum atomic E-state index is 11.9. The number of aryl methyl sites for hydroxylation is 1. The Balaban J connectivity index is 2.26. The molecule has 1 rings (SSSR count). The summed E-state index contributed by atoms with van der Waals surface area (Å²) in [7, 11) is 0. The number of carbonyl (C=O) groups excluding carboxylic acids is 2. The predicted octanol–water partition coefficient (Wildman–Crippen LogP) is 3.37. The number of hydrogen-bond acceptors (Lipinski definition) is 4. The number of carbonyl (C=O) groups is 2. The van der Waals surface area contributed by atoms with Crippen LogP contribution in [0.1, 0.15) is 69.9 Å². The summed E-state index contributed by atoms with van der Waals surface area (Å²) >= 11 is 0. The molecule has 1 aromatic rings. The first-order chi connectivity index (χ1) is 11.9. The zero-order valence-corrected chi connectivity index (χ0v) is 15.7. The smallest absolute Gasteiger partial charge is 0.156 e. The number of Topliss-reactive ketones (excluding diaryl/α,β-unsaturated/α-hetero) is 2. The molecule has 3 N–H and O–H groups in total. The lowest BCUT2D eigenvalue weighted by Gasteiger charge is -2.13. The van der Waals surface area contributed by atoms with Crippen molar-refractivity contribution in [1.82, 2.24) is 0 Å². The summed E-state index contributed by atoms with van der Waals surface area (Å²) in [6.45, 7) is 3.64. The Kier molecular flexibility index (Phi) is 10.3. The van der Waals surface area contributed by atoms with Crippen LogP contribution in [-0.2, 0) is 22.4 Å². The van der Waals surface area contributed by atoms with Crippen LogP contribution >= 0.6 is 0 Å². The highest BCUT2D eigenvalue weighted by atomic mass is 16.3. The molecule has 0 radical (unpaired) electrons. The van der Waals surface area contributed by atoms with Crippen LogP contribution in [0.2, 0.25) is 0 Å². The Morgan fingerprint density at radius 3 is 2.20 bits per heavy atom. The standard InChI is InChI=1S/C21H33NO3/c1-3-4-9-19(24)10-7-5-6-8-17-11-13-18(14-12-17)15-20(25)21(22)16(2)23/h11-14,16,21,23H,3-10,15,22H2,1-2H3. The van der Waals surface area contributed by atoms with E-state index in [-0.39, 0.29) is 12.2 Å². The van der Waals surface area contributed by atoms with Crippen molar-refractivity contribution >= 4 is 11.6 Å². The topological polar surface area (TPSA) is 80.4 Å². The number of benzene rings is 1. The van der Waals surface area contributed by atoms with Crippen molar-refractivity contribution in [3.05, 3.63) is 35.4 Å². The monoisotopic (exact) mass is 347 g/mol. The molecule has 0 spiro atoms. The maximum absolute atomic E-state index is 11.9. The van der Waals surface area contributed by atoms with Gasteiger partial charge in [-0.25, -0.2) is 0 Å². The van der Waals surface area contributed by atoms with E-state index in [9.17, 15) is 14.7 Å². The van der Waals surface area contributed by atoms with E-state index in [1.54, 1.807) is 0 Å². The van der Waals surface area contributed by atoms with Gasteiger partial charge in [0.15, 0.2) is 5.78 Å².